The number of para-hydroxylation sites is 1. The van der Waals surface area contributed by atoms with Gasteiger partial charge < -0.3 is 20.3 Å². The lowest BCUT2D eigenvalue weighted by Gasteiger charge is -2.28. The molecule has 0 aliphatic carbocycles. The number of piperidine rings is 1. The number of likely N-dealkylation sites (N-methyl/N-ethyl adjacent to an activating group) is 1. The fraction of sp³-hybridized carbons (Fsp3) is 0.368. The highest BCUT2D eigenvalue weighted by Gasteiger charge is 2.21. The smallest absolute Gasteiger partial charge is 0.224 e. The number of aromatic nitrogens is 2. The van der Waals surface area contributed by atoms with E-state index in [0.717, 1.165) is 37.3 Å². The van der Waals surface area contributed by atoms with E-state index in [4.69, 9.17) is 4.74 Å². The molecule has 2 aliphatic rings. The molecule has 6 nitrogen and oxygen atoms in total. The second-order valence-corrected chi connectivity index (χ2v) is 6.64. The summed E-state index contributed by atoms with van der Waals surface area (Å²) in [5, 5.41) is 6.77. The molecule has 1 aromatic carbocycles. The average molecular weight is 355 g/mol. The predicted molar refractivity (Wildman–Crippen MR) is 99.8 cm³/mol. The Morgan fingerprint density at radius 2 is 2.08 bits per heavy atom. The standard InChI is InChI=1S/C19H22FN5O/c1-25-12-15(26-17-5-3-2-4-16(17)20)10-13-11-22-19(24-18(13)25)23-14-6-8-21-9-7-14/h2-5,10-11,14,21H,6-9,12H2,1H3,(H,22,23,24). The summed E-state index contributed by atoms with van der Waals surface area (Å²) in [5.74, 6) is 2.00. The molecule has 1 saturated heterocycles. The van der Waals surface area contributed by atoms with E-state index in [1.807, 2.05) is 18.0 Å². The molecule has 1 fully saturated rings. The zero-order valence-corrected chi connectivity index (χ0v) is 14.7. The lowest BCUT2D eigenvalue weighted by Crippen LogP contribution is -2.36. The number of ether oxygens (including phenoxy) is 1. The first-order valence-electron chi connectivity index (χ1n) is 8.87. The van der Waals surface area contributed by atoms with Crippen molar-refractivity contribution in [2.45, 2.75) is 18.9 Å². The van der Waals surface area contributed by atoms with E-state index in [1.165, 1.54) is 6.07 Å². The van der Waals surface area contributed by atoms with E-state index in [2.05, 4.69) is 20.6 Å². The molecule has 0 radical (unpaired) electrons. The number of nitrogens with one attached hydrogen (secondary N) is 2. The van der Waals surface area contributed by atoms with Crippen LogP contribution in [-0.2, 0) is 0 Å². The number of hydrogen-bond acceptors (Lipinski definition) is 6. The molecule has 136 valence electrons. The second-order valence-electron chi connectivity index (χ2n) is 6.64. The third-order valence-corrected chi connectivity index (χ3v) is 4.62. The predicted octanol–water partition coefficient (Wildman–Crippen LogP) is 2.65. The van der Waals surface area contributed by atoms with Crippen molar-refractivity contribution in [1.82, 2.24) is 15.3 Å². The lowest BCUT2D eigenvalue weighted by atomic mass is 10.1. The minimum atomic E-state index is -0.375. The van der Waals surface area contributed by atoms with Crippen LogP contribution in [0.3, 0.4) is 0 Å². The van der Waals surface area contributed by atoms with Crippen LogP contribution in [0.5, 0.6) is 5.75 Å². The quantitative estimate of drug-likeness (QED) is 0.879. The Labute approximate surface area is 152 Å². The van der Waals surface area contributed by atoms with Gasteiger partial charge in [0.1, 0.15) is 11.6 Å². The van der Waals surface area contributed by atoms with Crippen LogP contribution in [0.15, 0.2) is 36.2 Å². The molecule has 2 aromatic rings. The molecule has 7 heteroatoms. The second kappa shape index (κ2) is 7.29. The van der Waals surface area contributed by atoms with E-state index in [-0.39, 0.29) is 11.6 Å². The zero-order chi connectivity index (χ0) is 17.9. The SMILES string of the molecule is CN1CC(Oc2ccccc2F)=Cc2cnc(NC3CCNCC3)nc21. The minimum absolute atomic E-state index is 0.223. The summed E-state index contributed by atoms with van der Waals surface area (Å²) in [6.07, 6.45) is 5.79. The highest BCUT2D eigenvalue weighted by atomic mass is 19.1. The monoisotopic (exact) mass is 355 g/mol. The van der Waals surface area contributed by atoms with Gasteiger partial charge in [-0.05, 0) is 44.1 Å². The van der Waals surface area contributed by atoms with Crippen LogP contribution in [0, 0.1) is 5.82 Å². The van der Waals surface area contributed by atoms with Crippen LogP contribution < -0.4 is 20.3 Å². The largest absolute Gasteiger partial charge is 0.457 e. The molecule has 0 saturated carbocycles. The van der Waals surface area contributed by atoms with Gasteiger partial charge in [0.25, 0.3) is 0 Å². The normalized spacial score (nSPS) is 17.5. The van der Waals surface area contributed by atoms with Crippen molar-refractivity contribution >= 4 is 17.8 Å². The van der Waals surface area contributed by atoms with Gasteiger partial charge in [0.05, 0.1) is 6.54 Å². The Bertz CT molecular complexity index is 819. The Morgan fingerprint density at radius 3 is 2.88 bits per heavy atom. The molecule has 0 unspecified atom stereocenters. The maximum Gasteiger partial charge on any atom is 0.224 e. The lowest BCUT2D eigenvalue weighted by molar-refractivity contribution is 0.391. The molecule has 26 heavy (non-hydrogen) atoms. The number of hydrogen-bond donors (Lipinski definition) is 2. The van der Waals surface area contributed by atoms with E-state index >= 15 is 0 Å². The number of nitrogens with zero attached hydrogens (tertiary/aromatic N) is 3. The topological polar surface area (TPSA) is 62.3 Å². The van der Waals surface area contributed by atoms with Crippen molar-refractivity contribution in [1.29, 1.82) is 0 Å². The van der Waals surface area contributed by atoms with Crippen LogP contribution in [0.4, 0.5) is 16.2 Å². The van der Waals surface area contributed by atoms with Crippen LogP contribution in [0.25, 0.3) is 6.08 Å². The van der Waals surface area contributed by atoms with Gasteiger partial charge in [0, 0.05) is 24.8 Å². The molecule has 0 amide bonds. The van der Waals surface area contributed by atoms with Crippen molar-refractivity contribution < 1.29 is 9.13 Å². The Morgan fingerprint density at radius 1 is 1.27 bits per heavy atom. The number of rotatable bonds is 4. The number of fused-ring (bicyclic) bond motifs is 1. The summed E-state index contributed by atoms with van der Waals surface area (Å²) in [6.45, 7) is 2.55. The van der Waals surface area contributed by atoms with Gasteiger partial charge in [-0.15, -0.1) is 0 Å². The zero-order valence-electron chi connectivity index (χ0n) is 14.7. The number of benzene rings is 1. The Hall–Kier alpha value is -2.67. The van der Waals surface area contributed by atoms with Crippen molar-refractivity contribution in [2.24, 2.45) is 0 Å². The molecule has 0 atom stereocenters. The van der Waals surface area contributed by atoms with E-state index in [1.54, 1.807) is 24.4 Å². The van der Waals surface area contributed by atoms with Crippen molar-refractivity contribution in [2.75, 3.05) is 36.9 Å². The molecule has 0 spiro atoms. The maximum absolute atomic E-state index is 13.8. The molecular formula is C19H22FN5O. The molecule has 4 rings (SSSR count). The number of anilines is 2. The molecule has 2 aliphatic heterocycles. The van der Waals surface area contributed by atoms with Crippen LogP contribution in [-0.4, -0.2) is 42.7 Å². The van der Waals surface area contributed by atoms with Gasteiger partial charge in [0.2, 0.25) is 5.95 Å². The van der Waals surface area contributed by atoms with E-state index in [9.17, 15) is 4.39 Å². The van der Waals surface area contributed by atoms with Gasteiger partial charge >= 0.3 is 0 Å². The first-order chi connectivity index (χ1) is 12.7. The summed E-state index contributed by atoms with van der Waals surface area (Å²) in [7, 11) is 1.94. The van der Waals surface area contributed by atoms with Crippen molar-refractivity contribution in [3.05, 3.63) is 47.6 Å². The van der Waals surface area contributed by atoms with Crippen molar-refractivity contribution in [3.63, 3.8) is 0 Å². The van der Waals surface area contributed by atoms with Gasteiger partial charge in [-0.25, -0.2) is 9.37 Å². The Balaban J connectivity index is 1.52. The van der Waals surface area contributed by atoms with E-state index < -0.39 is 0 Å². The summed E-state index contributed by atoms with van der Waals surface area (Å²) < 4.78 is 19.5. The van der Waals surface area contributed by atoms with Gasteiger partial charge in [-0.2, -0.15) is 4.98 Å². The van der Waals surface area contributed by atoms with Gasteiger partial charge in [-0.1, -0.05) is 12.1 Å². The van der Waals surface area contributed by atoms with Crippen LogP contribution in [0.1, 0.15) is 18.4 Å². The average Bonchev–Trinajstić information content (AvgIpc) is 2.65. The first kappa shape index (κ1) is 16.8. The highest BCUT2D eigenvalue weighted by Crippen LogP contribution is 2.28. The molecule has 0 bridgehead atoms. The molecular weight excluding hydrogens is 333 g/mol. The molecule has 1 aromatic heterocycles. The fourth-order valence-electron chi connectivity index (χ4n) is 3.27. The fourth-order valence-corrected chi connectivity index (χ4v) is 3.27. The van der Waals surface area contributed by atoms with E-state index in [0.29, 0.717) is 24.3 Å². The first-order valence-corrected chi connectivity index (χ1v) is 8.87. The summed E-state index contributed by atoms with van der Waals surface area (Å²) in [4.78, 5) is 11.1. The summed E-state index contributed by atoms with van der Waals surface area (Å²) in [6, 6.07) is 6.80. The van der Waals surface area contributed by atoms with Crippen LogP contribution >= 0.6 is 0 Å². The Kier molecular flexibility index (Phi) is 4.71. The third kappa shape index (κ3) is 3.62. The van der Waals surface area contributed by atoms with Crippen LogP contribution in [0.2, 0.25) is 0 Å². The number of halogens is 1. The molecule has 3 heterocycles. The summed E-state index contributed by atoms with van der Waals surface area (Å²) >= 11 is 0. The van der Waals surface area contributed by atoms with Gasteiger partial charge in [-0.3, -0.25) is 0 Å². The minimum Gasteiger partial charge on any atom is -0.457 e. The van der Waals surface area contributed by atoms with Crippen molar-refractivity contribution in [3.8, 4) is 5.75 Å². The highest BCUT2D eigenvalue weighted by molar-refractivity contribution is 5.69. The third-order valence-electron chi connectivity index (χ3n) is 4.62. The molecule has 2 N–H and O–H groups in total. The summed E-state index contributed by atoms with van der Waals surface area (Å²) in [5.41, 5.74) is 0.862. The maximum atomic E-state index is 13.8. The van der Waals surface area contributed by atoms with Gasteiger partial charge in [0.15, 0.2) is 11.6 Å².